The van der Waals surface area contributed by atoms with Gasteiger partial charge in [0.25, 0.3) is 0 Å². The summed E-state index contributed by atoms with van der Waals surface area (Å²) in [6, 6.07) is 10.1. The zero-order valence-electron chi connectivity index (χ0n) is 9.15. The van der Waals surface area contributed by atoms with Gasteiger partial charge in [0.2, 0.25) is 0 Å². The number of nitrogens with zero attached hydrogens (tertiary/aromatic N) is 2. The van der Waals surface area contributed by atoms with E-state index in [1.165, 1.54) is 5.69 Å². The molecular weight excluding hydrogens is 266 g/mol. The van der Waals surface area contributed by atoms with Crippen LogP contribution in [0.15, 0.2) is 41.0 Å². The van der Waals surface area contributed by atoms with Crippen LogP contribution in [0.2, 0.25) is 0 Å². The van der Waals surface area contributed by atoms with E-state index in [4.69, 9.17) is 0 Å². The first kappa shape index (κ1) is 11.2. The van der Waals surface area contributed by atoms with Crippen LogP contribution < -0.4 is 5.32 Å². The number of benzene rings is 1. The molecule has 2 aromatic rings. The van der Waals surface area contributed by atoms with Crippen LogP contribution >= 0.6 is 15.9 Å². The van der Waals surface area contributed by atoms with Crippen molar-refractivity contribution in [3.8, 4) is 0 Å². The molecule has 1 aromatic carbocycles. The first-order chi connectivity index (χ1) is 7.77. The summed E-state index contributed by atoms with van der Waals surface area (Å²) >= 11 is 3.50. The molecule has 1 N–H and O–H groups in total. The lowest BCUT2D eigenvalue weighted by Gasteiger charge is -2.09. The van der Waals surface area contributed by atoms with Gasteiger partial charge >= 0.3 is 0 Å². The van der Waals surface area contributed by atoms with Crippen molar-refractivity contribution in [3.63, 3.8) is 0 Å². The lowest BCUT2D eigenvalue weighted by atomic mass is 10.3. The molecule has 0 aliphatic rings. The zero-order valence-corrected chi connectivity index (χ0v) is 10.7. The number of halogens is 1. The van der Waals surface area contributed by atoms with Crippen molar-refractivity contribution >= 4 is 21.6 Å². The average Bonchev–Trinajstić information content (AvgIpc) is 2.67. The van der Waals surface area contributed by atoms with Crippen LogP contribution in [-0.4, -0.2) is 16.3 Å². The Morgan fingerprint density at radius 3 is 2.81 bits per heavy atom. The summed E-state index contributed by atoms with van der Waals surface area (Å²) in [5.74, 6) is 0. The third-order valence-corrected chi connectivity index (χ3v) is 3.13. The van der Waals surface area contributed by atoms with Gasteiger partial charge in [-0.05, 0) is 41.1 Å². The quantitative estimate of drug-likeness (QED) is 0.932. The van der Waals surface area contributed by atoms with Gasteiger partial charge in [0.15, 0.2) is 0 Å². The molecule has 0 spiro atoms. The number of anilines is 1. The predicted octanol–water partition coefficient (Wildman–Crippen LogP) is 3.07. The van der Waals surface area contributed by atoms with E-state index in [1.54, 1.807) is 0 Å². The second-order valence-electron chi connectivity index (χ2n) is 3.60. The SMILES string of the molecule is Cc1ccnn1CCNc1ccccc1Br. The average molecular weight is 280 g/mol. The Balaban J connectivity index is 1.89. The highest BCUT2D eigenvalue weighted by Crippen LogP contribution is 2.20. The van der Waals surface area contributed by atoms with Gasteiger partial charge in [0.05, 0.1) is 6.54 Å². The molecule has 0 fully saturated rings. The summed E-state index contributed by atoms with van der Waals surface area (Å²) in [6.45, 7) is 3.80. The van der Waals surface area contributed by atoms with Gasteiger partial charge in [-0.1, -0.05) is 12.1 Å². The zero-order chi connectivity index (χ0) is 11.4. The molecule has 0 aliphatic heterocycles. The Labute approximate surface area is 104 Å². The molecule has 0 aliphatic carbocycles. The summed E-state index contributed by atoms with van der Waals surface area (Å²) < 4.78 is 3.08. The van der Waals surface area contributed by atoms with Gasteiger partial charge in [-0.15, -0.1) is 0 Å². The van der Waals surface area contributed by atoms with E-state index < -0.39 is 0 Å². The van der Waals surface area contributed by atoms with Crippen molar-refractivity contribution in [2.75, 3.05) is 11.9 Å². The van der Waals surface area contributed by atoms with Crippen molar-refractivity contribution in [2.24, 2.45) is 0 Å². The smallest absolute Gasteiger partial charge is 0.0585 e. The van der Waals surface area contributed by atoms with E-state index in [2.05, 4.69) is 39.3 Å². The molecule has 3 nitrogen and oxygen atoms in total. The Hall–Kier alpha value is -1.29. The molecule has 0 saturated carbocycles. The molecule has 84 valence electrons. The molecule has 0 radical (unpaired) electrons. The van der Waals surface area contributed by atoms with Crippen LogP contribution in [0, 0.1) is 6.92 Å². The number of rotatable bonds is 4. The maximum atomic E-state index is 4.23. The van der Waals surface area contributed by atoms with E-state index in [1.807, 2.05) is 35.1 Å². The number of aryl methyl sites for hydroxylation is 1. The van der Waals surface area contributed by atoms with E-state index >= 15 is 0 Å². The fraction of sp³-hybridized carbons (Fsp3) is 0.250. The molecule has 4 heteroatoms. The minimum atomic E-state index is 0.866. The summed E-state index contributed by atoms with van der Waals surface area (Å²) in [6.07, 6.45) is 1.83. The van der Waals surface area contributed by atoms with Gasteiger partial charge in [0, 0.05) is 28.6 Å². The second-order valence-corrected chi connectivity index (χ2v) is 4.46. The summed E-state index contributed by atoms with van der Waals surface area (Å²) in [5.41, 5.74) is 2.31. The van der Waals surface area contributed by atoms with Crippen molar-refractivity contribution in [2.45, 2.75) is 13.5 Å². The Morgan fingerprint density at radius 2 is 2.12 bits per heavy atom. The first-order valence-electron chi connectivity index (χ1n) is 5.24. The number of hydrogen-bond acceptors (Lipinski definition) is 2. The predicted molar refractivity (Wildman–Crippen MR) is 69.6 cm³/mol. The second kappa shape index (κ2) is 5.16. The third kappa shape index (κ3) is 2.64. The highest BCUT2D eigenvalue weighted by Gasteiger charge is 1.98. The van der Waals surface area contributed by atoms with Crippen LogP contribution in [0.5, 0.6) is 0 Å². The standard InChI is InChI=1S/C12H14BrN3/c1-10-6-7-15-16(10)9-8-14-12-5-3-2-4-11(12)13/h2-7,14H,8-9H2,1H3. The highest BCUT2D eigenvalue weighted by atomic mass is 79.9. The largest absolute Gasteiger partial charge is 0.382 e. The lowest BCUT2D eigenvalue weighted by Crippen LogP contribution is -2.12. The van der Waals surface area contributed by atoms with Crippen LogP contribution in [-0.2, 0) is 6.54 Å². The number of aromatic nitrogens is 2. The molecule has 0 amide bonds. The summed E-state index contributed by atoms with van der Waals surface area (Å²) in [4.78, 5) is 0. The molecule has 0 atom stereocenters. The van der Waals surface area contributed by atoms with Gasteiger partial charge in [-0.2, -0.15) is 5.10 Å². The molecule has 0 unspecified atom stereocenters. The van der Waals surface area contributed by atoms with Gasteiger partial charge in [-0.25, -0.2) is 0 Å². The molecule has 1 aromatic heterocycles. The monoisotopic (exact) mass is 279 g/mol. The molecule has 16 heavy (non-hydrogen) atoms. The van der Waals surface area contributed by atoms with Crippen molar-refractivity contribution in [3.05, 3.63) is 46.7 Å². The summed E-state index contributed by atoms with van der Waals surface area (Å²) in [5, 5.41) is 7.61. The van der Waals surface area contributed by atoms with E-state index in [0.29, 0.717) is 0 Å². The topological polar surface area (TPSA) is 29.9 Å². The highest BCUT2D eigenvalue weighted by molar-refractivity contribution is 9.10. The van der Waals surface area contributed by atoms with Crippen molar-refractivity contribution < 1.29 is 0 Å². The number of para-hydroxylation sites is 1. The molecule has 2 rings (SSSR count). The normalized spacial score (nSPS) is 10.4. The minimum absolute atomic E-state index is 0.866. The molecule has 1 heterocycles. The molecule has 0 bridgehead atoms. The number of nitrogens with one attached hydrogen (secondary N) is 1. The van der Waals surface area contributed by atoms with E-state index in [-0.39, 0.29) is 0 Å². The molecule has 0 saturated heterocycles. The van der Waals surface area contributed by atoms with E-state index in [9.17, 15) is 0 Å². The van der Waals surface area contributed by atoms with Crippen LogP contribution in [0.3, 0.4) is 0 Å². The van der Waals surface area contributed by atoms with Gasteiger partial charge in [0.1, 0.15) is 0 Å². The van der Waals surface area contributed by atoms with Gasteiger partial charge in [-0.3, -0.25) is 4.68 Å². The summed E-state index contributed by atoms with van der Waals surface area (Å²) in [7, 11) is 0. The Morgan fingerprint density at radius 1 is 1.31 bits per heavy atom. The van der Waals surface area contributed by atoms with Crippen LogP contribution in [0.1, 0.15) is 5.69 Å². The Bertz CT molecular complexity index is 465. The number of hydrogen-bond donors (Lipinski definition) is 1. The van der Waals surface area contributed by atoms with Gasteiger partial charge < -0.3 is 5.32 Å². The van der Waals surface area contributed by atoms with E-state index in [0.717, 1.165) is 23.2 Å². The van der Waals surface area contributed by atoms with Crippen molar-refractivity contribution in [1.29, 1.82) is 0 Å². The maximum Gasteiger partial charge on any atom is 0.0585 e. The fourth-order valence-corrected chi connectivity index (χ4v) is 1.96. The lowest BCUT2D eigenvalue weighted by molar-refractivity contribution is 0.620. The first-order valence-corrected chi connectivity index (χ1v) is 6.03. The fourth-order valence-electron chi connectivity index (χ4n) is 1.53. The van der Waals surface area contributed by atoms with Crippen LogP contribution in [0.25, 0.3) is 0 Å². The maximum absolute atomic E-state index is 4.23. The van der Waals surface area contributed by atoms with Crippen molar-refractivity contribution in [1.82, 2.24) is 9.78 Å². The molecular formula is C12H14BrN3. The van der Waals surface area contributed by atoms with Crippen LogP contribution in [0.4, 0.5) is 5.69 Å². The Kier molecular flexibility index (Phi) is 3.62. The third-order valence-electron chi connectivity index (χ3n) is 2.44. The minimum Gasteiger partial charge on any atom is -0.382 e.